The van der Waals surface area contributed by atoms with Gasteiger partial charge in [0.2, 0.25) is 0 Å². The van der Waals surface area contributed by atoms with Crippen molar-refractivity contribution in [1.29, 1.82) is 0 Å². The van der Waals surface area contributed by atoms with Crippen molar-refractivity contribution >= 4 is 0 Å². The van der Waals surface area contributed by atoms with Crippen LogP contribution in [0.1, 0.15) is 40.0 Å². The SMILES string of the molecule is CC(C)(C)CC(F)C1CC1. The van der Waals surface area contributed by atoms with Crippen molar-refractivity contribution < 1.29 is 4.39 Å². The molecule has 0 aromatic rings. The maximum absolute atomic E-state index is 13.1. The first kappa shape index (κ1) is 8.03. The molecule has 0 amide bonds. The highest BCUT2D eigenvalue weighted by Gasteiger charge is 2.33. The van der Waals surface area contributed by atoms with Gasteiger partial charge in [-0.05, 0) is 30.6 Å². The van der Waals surface area contributed by atoms with Crippen LogP contribution < -0.4 is 0 Å². The zero-order chi connectivity index (χ0) is 7.78. The van der Waals surface area contributed by atoms with Crippen molar-refractivity contribution in [1.82, 2.24) is 0 Å². The van der Waals surface area contributed by atoms with E-state index in [1.807, 2.05) is 0 Å². The topological polar surface area (TPSA) is 0 Å². The van der Waals surface area contributed by atoms with E-state index in [1.165, 1.54) is 0 Å². The van der Waals surface area contributed by atoms with E-state index in [2.05, 4.69) is 20.8 Å². The smallest absolute Gasteiger partial charge is 0.103 e. The molecular weight excluding hydrogens is 127 g/mol. The fraction of sp³-hybridized carbons (Fsp3) is 1.00. The largest absolute Gasteiger partial charge is 0.247 e. The van der Waals surface area contributed by atoms with Crippen molar-refractivity contribution in [3.8, 4) is 0 Å². The fourth-order valence-electron chi connectivity index (χ4n) is 1.21. The molecule has 0 heterocycles. The first-order valence-electron chi connectivity index (χ1n) is 4.13. The van der Waals surface area contributed by atoms with Crippen LogP contribution in [0.3, 0.4) is 0 Å². The third kappa shape index (κ3) is 2.68. The van der Waals surface area contributed by atoms with Crippen LogP contribution in [0.2, 0.25) is 0 Å². The summed E-state index contributed by atoms with van der Waals surface area (Å²) in [5.41, 5.74) is 0.169. The van der Waals surface area contributed by atoms with E-state index in [0.717, 1.165) is 19.3 Å². The summed E-state index contributed by atoms with van der Waals surface area (Å²) in [6.45, 7) is 6.30. The number of hydrogen-bond donors (Lipinski definition) is 0. The van der Waals surface area contributed by atoms with Crippen molar-refractivity contribution in [3.05, 3.63) is 0 Å². The van der Waals surface area contributed by atoms with Crippen molar-refractivity contribution in [2.75, 3.05) is 0 Å². The number of alkyl halides is 1. The van der Waals surface area contributed by atoms with Gasteiger partial charge in [-0.1, -0.05) is 20.8 Å². The van der Waals surface area contributed by atoms with E-state index in [-0.39, 0.29) is 5.41 Å². The predicted molar refractivity (Wildman–Crippen MR) is 41.7 cm³/mol. The minimum atomic E-state index is -0.528. The lowest BCUT2D eigenvalue weighted by atomic mass is 9.88. The molecule has 1 saturated carbocycles. The quantitative estimate of drug-likeness (QED) is 0.558. The monoisotopic (exact) mass is 144 g/mol. The van der Waals surface area contributed by atoms with Crippen LogP contribution in [0.15, 0.2) is 0 Å². The van der Waals surface area contributed by atoms with Crippen LogP contribution in [-0.2, 0) is 0 Å². The maximum atomic E-state index is 13.1. The molecule has 0 spiro atoms. The highest BCUT2D eigenvalue weighted by atomic mass is 19.1. The molecule has 60 valence electrons. The second kappa shape index (κ2) is 2.52. The standard InChI is InChI=1S/C9H17F/c1-9(2,3)6-8(10)7-4-5-7/h7-8H,4-6H2,1-3H3. The van der Waals surface area contributed by atoms with Gasteiger partial charge in [-0.3, -0.25) is 0 Å². The van der Waals surface area contributed by atoms with Gasteiger partial charge in [0.1, 0.15) is 6.17 Å². The highest BCUT2D eigenvalue weighted by molar-refractivity contribution is 4.83. The molecule has 1 heteroatoms. The van der Waals surface area contributed by atoms with Crippen LogP contribution in [0, 0.1) is 11.3 Å². The Morgan fingerprint density at radius 1 is 1.40 bits per heavy atom. The molecule has 1 unspecified atom stereocenters. The molecule has 1 atom stereocenters. The summed E-state index contributed by atoms with van der Waals surface area (Å²) in [6.07, 6.45) is 2.45. The van der Waals surface area contributed by atoms with Crippen molar-refractivity contribution in [3.63, 3.8) is 0 Å². The number of hydrogen-bond acceptors (Lipinski definition) is 0. The molecule has 0 nitrogen and oxygen atoms in total. The lowest BCUT2D eigenvalue weighted by molar-refractivity contribution is 0.202. The number of halogens is 1. The van der Waals surface area contributed by atoms with E-state index < -0.39 is 6.17 Å². The highest BCUT2D eigenvalue weighted by Crippen LogP contribution is 2.39. The van der Waals surface area contributed by atoms with E-state index in [1.54, 1.807) is 0 Å². The Hall–Kier alpha value is -0.0700. The summed E-state index contributed by atoms with van der Waals surface area (Å²) in [7, 11) is 0. The summed E-state index contributed by atoms with van der Waals surface area (Å²) in [6, 6.07) is 0. The van der Waals surface area contributed by atoms with Gasteiger partial charge in [-0.15, -0.1) is 0 Å². The van der Waals surface area contributed by atoms with E-state index in [4.69, 9.17) is 0 Å². The summed E-state index contributed by atoms with van der Waals surface area (Å²) < 4.78 is 13.1. The third-order valence-electron chi connectivity index (χ3n) is 1.94. The van der Waals surface area contributed by atoms with Gasteiger partial charge in [-0.2, -0.15) is 0 Å². The molecule has 0 aliphatic heterocycles. The van der Waals surface area contributed by atoms with Gasteiger partial charge in [0.15, 0.2) is 0 Å². The molecule has 0 saturated heterocycles. The van der Waals surface area contributed by atoms with Gasteiger partial charge < -0.3 is 0 Å². The fourth-order valence-corrected chi connectivity index (χ4v) is 1.21. The Balaban J connectivity index is 2.23. The molecule has 0 N–H and O–H groups in total. The Morgan fingerprint density at radius 3 is 2.20 bits per heavy atom. The second-order valence-corrected chi connectivity index (χ2v) is 4.62. The lowest BCUT2D eigenvalue weighted by Crippen LogP contribution is -2.15. The minimum absolute atomic E-state index is 0.169. The molecule has 1 rings (SSSR count). The summed E-state index contributed by atoms with van der Waals surface area (Å²) in [4.78, 5) is 0. The summed E-state index contributed by atoms with van der Waals surface area (Å²) >= 11 is 0. The van der Waals surface area contributed by atoms with Crippen LogP contribution in [-0.4, -0.2) is 6.17 Å². The average molecular weight is 144 g/mol. The maximum Gasteiger partial charge on any atom is 0.103 e. The van der Waals surface area contributed by atoms with Crippen molar-refractivity contribution in [2.24, 2.45) is 11.3 Å². The first-order valence-corrected chi connectivity index (χ1v) is 4.13. The molecule has 10 heavy (non-hydrogen) atoms. The predicted octanol–water partition coefficient (Wildman–Crippen LogP) is 3.17. The third-order valence-corrected chi connectivity index (χ3v) is 1.94. The zero-order valence-corrected chi connectivity index (χ0v) is 7.15. The average Bonchev–Trinajstić information content (AvgIpc) is 2.35. The van der Waals surface area contributed by atoms with Gasteiger partial charge in [-0.25, -0.2) is 4.39 Å². The Kier molecular flexibility index (Phi) is 2.02. The molecule has 1 fully saturated rings. The normalized spacial score (nSPS) is 22.8. The summed E-state index contributed by atoms with van der Waals surface area (Å²) in [5.74, 6) is 0.416. The minimum Gasteiger partial charge on any atom is -0.247 e. The van der Waals surface area contributed by atoms with Gasteiger partial charge in [0.25, 0.3) is 0 Å². The van der Waals surface area contributed by atoms with Gasteiger partial charge in [0.05, 0.1) is 0 Å². The Labute approximate surface area is 62.8 Å². The van der Waals surface area contributed by atoms with Gasteiger partial charge >= 0.3 is 0 Å². The molecule has 1 aliphatic carbocycles. The molecule has 0 aromatic carbocycles. The zero-order valence-electron chi connectivity index (χ0n) is 7.15. The summed E-state index contributed by atoms with van der Waals surface area (Å²) in [5, 5.41) is 0. The van der Waals surface area contributed by atoms with Gasteiger partial charge in [0, 0.05) is 0 Å². The molecule has 0 radical (unpaired) electrons. The second-order valence-electron chi connectivity index (χ2n) is 4.62. The molecule has 0 bridgehead atoms. The lowest BCUT2D eigenvalue weighted by Gasteiger charge is -2.20. The van der Waals surface area contributed by atoms with E-state index in [9.17, 15) is 4.39 Å². The van der Waals surface area contributed by atoms with Crippen LogP contribution in [0.5, 0.6) is 0 Å². The van der Waals surface area contributed by atoms with E-state index >= 15 is 0 Å². The van der Waals surface area contributed by atoms with E-state index in [0.29, 0.717) is 5.92 Å². The molecule has 1 aliphatic rings. The first-order chi connectivity index (χ1) is 4.49. The Bertz CT molecular complexity index is 108. The molecule has 0 aromatic heterocycles. The number of rotatable bonds is 2. The molecular formula is C9H17F. The van der Waals surface area contributed by atoms with Crippen LogP contribution in [0.4, 0.5) is 4.39 Å². The van der Waals surface area contributed by atoms with Crippen molar-refractivity contribution in [2.45, 2.75) is 46.2 Å². The van der Waals surface area contributed by atoms with Crippen LogP contribution in [0.25, 0.3) is 0 Å². The van der Waals surface area contributed by atoms with Crippen LogP contribution >= 0.6 is 0 Å². The Morgan fingerprint density at radius 2 is 1.90 bits per heavy atom.